The summed E-state index contributed by atoms with van der Waals surface area (Å²) in [6, 6.07) is 7.29. The molecule has 1 aromatic heterocycles. The molecule has 2 amide bonds. The number of fused-ring (bicyclic) bond motifs is 1. The number of rotatable bonds is 3. The van der Waals surface area contributed by atoms with Gasteiger partial charge in [-0.2, -0.15) is 0 Å². The van der Waals surface area contributed by atoms with Gasteiger partial charge in [-0.15, -0.1) is 12.4 Å². The van der Waals surface area contributed by atoms with Crippen LogP contribution in [-0.2, 0) is 13.5 Å². The number of aromatic nitrogens is 1. The SMILES string of the molecule is Cl.Cn1cc(C(N)=O)cc1C(=O)NC1CCCc2cc(N)ccc21. The maximum atomic E-state index is 12.5. The second kappa shape index (κ2) is 6.97. The van der Waals surface area contributed by atoms with Crippen LogP contribution in [0.4, 0.5) is 5.69 Å². The molecule has 1 aliphatic rings. The topological polar surface area (TPSA) is 103 Å². The second-order valence-electron chi connectivity index (χ2n) is 5.97. The highest BCUT2D eigenvalue weighted by molar-refractivity contribution is 5.98. The predicted octanol–water partition coefficient (Wildman–Crippen LogP) is 1.94. The first kappa shape index (κ1) is 17.9. The Kier molecular flexibility index (Phi) is 5.19. The first-order valence-electron chi connectivity index (χ1n) is 7.61. The summed E-state index contributed by atoms with van der Waals surface area (Å²) in [5.74, 6) is -0.757. The average Bonchev–Trinajstić information content (AvgIpc) is 2.89. The summed E-state index contributed by atoms with van der Waals surface area (Å²) in [6.45, 7) is 0. The van der Waals surface area contributed by atoms with Crippen LogP contribution >= 0.6 is 12.4 Å². The van der Waals surface area contributed by atoms with Crippen LogP contribution in [0, 0.1) is 0 Å². The van der Waals surface area contributed by atoms with Gasteiger partial charge in [0.15, 0.2) is 0 Å². The van der Waals surface area contributed by atoms with Crippen molar-refractivity contribution in [2.24, 2.45) is 12.8 Å². The molecular formula is C17H21ClN4O2. The van der Waals surface area contributed by atoms with E-state index in [-0.39, 0.29) is 24.4 Å². The molecule has 0 spiro atoms. The first-order valence-corrected chi connectivity index (χ1v) is 7.61. The number of carbonyl (C=O) groups excluding carboxylic acids is 2. The van der Waals surface area contributed by atoms with Crippen LogP contribution in [-0.4, -0.2) is 16.4 Å². The normalized spacial score (nSPS) is 16.0. The third-order valence-corrected chi connectivity index (χ3v) is 4.31. The molecule has 1 atom stereocenters. The van der Waals surface area contributed by atoms with E-state index in [1.807, 2.05) is 18.2 Å². The van der Waals surface area contributed by atoms with Gasteiger partial charge in [-0.05, 0) is 48.6 Å². The highest BCUT2D eigenvalue weighted by Crippen LogP contribution is 2.31. The van der Waals surface area contributed by atoms with Crippen LogP contribution in [0.15, 0.2) is 30.5 Å². The van der Waals surface area contributed by atoms with E-state index in [0.29, 0.717) is 11.3 Å². The van der Waals surface area contributed by atoms with Crippen LogP contribution in [0.1, 0.15) is 50.9 Å². The van der Waals surface area contributed by atoms with Crippen molar-refractivity contribution in [1.29, 1.82) is 0 Å². The molecule has 0 saturated heterocycles. The summed E-state index contributed by atoms with van der Waals surface area (Å²) in [7, 11) is 1.72. The third-order valence-electron chi connectivity index (χ3n) is 4.31. The number of nitrogens with zero attached hydrogens (tertiary/aromatic N) is 1. The standard InChI is InChI=1S/C17H20N4O2.ClH/c1-21-9-11(16(19)22)8-15(21)17(23)20-14-4-2-3-10-7-12(18)5-6-13(10)14;/h5-9,14H,2-4,18H2,1H3,(H2,19,22)(H,20,23);1H. The van der Waals surface area contributed by atoms with Crippen molar-refractivity contribution in [3.8, 4) is 0 Å². The zero-order valence-electron chi connectivity index (χ0n) is 13.4. The predicted molar refractivity (Wildman–Crippen MR) is 95.2 cm³/mol. The van der Waals surface area contributed by atoms with Crippen molar-refractivity contribution in [2.75, 3.05) is 5.73 Å². The van der Waals surface area contributed by atoms with Crippen LogP contribution in [0.5, 0.6) is 0 Å². The zero-order chi connectivity index (χ0) is 16.6. The maximum Gasteiger partial charge on any atom is 0.268 e. The van der Waals surface area contributed by atoms with Gasteiger partial charge in [0.2, 0.25) is 5.91 Å². The molecule has 0 bridgehead atoms. The Balaban J connectivity index is 0.00000208. The molecule has 6 nitrogen and oxygen atoms in total. The van der Waals surface area contributed by atoms with Gasteiger partial charge in [-0.1, -0.05) is 6.07 Å². The van der Waals surface area contributed by atoms with Crippen LogP contribution in [0.2, 0.25) is 0 Å². The lowest BCUT2D eigenvalue weighted by molar-refractivity contribution is 0.0924. The van der Waals surface area contributed by atoms with Gasteiger partial charge in [-0.25, -0.2) is 0 Å². The number of nitrogens with one attached hydrogen (secondary N) is 1. The molecular weight excluding hydrogens is 328 g/mol. The van der Waals surface area contributed by atoms with Crippen LogP contribution < -0.4 is 16.8 Å². The Morgan fingerprint density at radius 3 is 2.71 bits per heavy atom. The monoisotopic (exact) mass is 348 g/mol. The number of nitrogens with two attached hydrogens (primary N) is 2. The molecule has 1 aromatic carbocycles. The van der Waals surface area contributed by atoms with Gasteiger partial charge in [0, 0.05) is 18.9 Å². The van der Waals surface area contributed by atoms with Crippen LogP contribution in [0.3, 0.4) is 0 Å². The number of amides is 2. The molecule has 1 aliphatic carbocycles. The number of hydrogen-bond acceptors (Lipinski definition) is 3. The molecule has 2 aromatic rings. The molecule has 1 unspecified atom stereocenters. The van der Waals surface area contributed by atoms with Crippen molar-refractivity contribution in [1.82, 2.24) is 9.88 Å². The number of carbonyl (C=O) groups is 2. The maximum absolute atomic E-state index is 12.5. The molecule has 1 heterocycles. The summed E-state index contributed by atoms with van der Waals surface area (Å²) < 4.78 is 1.61. The highest BCUT2D eigenvalue weighted by atomic mass is 35.5. The van der Waals surface area contributed by atoms with E-state index < -0.39 is 5.91 Å². The van der Waals surface area contributed by atoms with Crippen LogP contribution in [0.25, 0.3) is 0 Å². The number of aryl methyl sites for hydroxylation is 2. The minimum absolute atomic E-state index is 0. The molecule has 7 heteroatoms. The molecule has 0 saturated carbocycles. The van der Waals surface area contributed by atoms with Gasteiger partial charge >= 0.3 is 0 Å². The number of anilines is 1. The van der Waals surface area contributed by atoms with E-state index in [1.165, 1.54) is 11.6 Å². The minimum atomic E-state index is -0.543. The number of nitrogen functional groups attached to an aromatic ring is 1. The van der Waals surface area contributed by atoms with Crippen molar-refractivity contribution in [3.05, 3.63) is 52.8 Å². The Labute approximate surface area is 146 Å². The minimum Gasteiger partial charge on any atom is -0.399 e. The number of halogens is 1. The third kappa shape index (κ3) is 3.38. The summed E-state index contributed by atoms with van der Waals surface area (Å²) in [6.07, 6.45) is 4.42. The molecule has 128 valence electrons. The smallest absolute Gasteiger partial charge is 0.268 e. The lowest BCUT2D eigenvalue weighted by atomic mass is 9.87. The lowest BCUT2D eigenvalue weighted by Crippen LogP contribution is -2.32. The van der Waals surface area contributed by atoms with E-state index in [1.54, 1.807) is 17.8 Å². The Morgan fingerprint density at radius 2 is 2.04 bits per heavy atom. The van der Waals surface area contributed by atoms with Crippen molar-refractivity contribution < 1.29 is 9.59 Å². The van der Waals surface area contributed by atoms with Gasteiger partial charge in [-0.3, -0.25) is 9.59 Å². The molecule has 0 radical (unpaired) electrons. The fourth-order valence-corrected chi connectivity index (χ4v) is 3.14. The zero-order valence-corrected chi connectivity index (χ0v) is 14.2. The van der Waals surface area contributed by atoms with Gasteiger partial charge in [0.25, 0.3) is 5.91 Å². The molecule has 24 heavy (non-hydrogen) atoms. The van der Waals surface area contributed by atoms with Gasteiger partial charge < -0.3 is 21.4 Å². The summed E-state index contributed by atoms with van der Waals surface area (Å²) in [5.41, 5.74) is 14.9. The van der Waals surface area contributed by atoms with Crippen molar-refractivity contribution in [2.45, 2.75) is 25.3 Å². The van der Waals surface area contributed by atoms with E-state index in [4.69, 9.17) is 11.5 Å². The summed E-state index contributed by atoms with van der Waals surface area (Å²) in [4.78, 5) is 23.8. The fourth-order valence-electron chi connectivity index (χ4n) is 3.14. The van der Waals surface area contributed by atoms with E-state index in [0.717, 1.165) is 30.5 Å². The molecule has 0 aliphatic heterocycles. The molecule has 0 fully saturated rings. The van der Waals surface area contributed by atoms with Gasteiger partial charge in [0.05, 0.1) is 11.6 Å². The number of primary amides is 1. The molecule has 5 N–H and O–H groups in total. The van der Waals surface area contributed by atoms with Crippen molar-refractivity contribution >= 4 is 29.9 Å². The Morgan fingerprint density at radius 1 is 1.29 bits per heavy atom. The Bertz CT molecular complexity index is 785. The van der Waals surface area contributed by atoms with E-state index in [2.05, 4.69) is 5.32 Å². The second-order valence-corrected chi connectivity index (χ2v) is 5.97. The van der Waals surface area contributed by atoms with Gasteiger partial charge in [0.1, 0.15) is 5.69 Å². The quantitative estimate of drug-likeness (QED) is 0.738. The summed E-state index contributed by atoms with van der Waals surface area (Å²) in [5, 5.41) is 3.05. The van der Waals surface area contributed by atoms with E-state index >= 15 is 0 Å². The van der Waals surface area contributed by atoms with E-state index in [9.17, 15) is 9.59 Å². The number of benzene rings is 1. The highest BCUT2D eigenvalue weighted by Gasteiger charge is 2.23. The summed E-state index contributed by atoms with van der Waals surface area (Å²) >= 11 is 0. The fraction of sp³-hybridized carbons (Fsp3) is 0.294. The number of hydrogen-bond donors (Lipinski definition) is 3. The Hall–Kier alpha value is -2.47. The van der Waals surface area contributed by atoms with Crippen molar-refractivity contribution in [3.63, 3.8) is 0 Å². The average molecular weight is 349 g/mol. The lowest BCUT2D eigenvalue weighted by Gasteiger charge is -2.26. The first-order chi connectivity index (χ1) is 11.0. The molecule has 3 rings (SSSR count). The largest absolute Gasteiger partial charge is 0.399 e.